The van der Waals surface area contributed by atoms with E-state index >= 15 is 0 Å². The molecule has 0 aromatic carbocycles. The molecule has 0 radical (unpaired) electrons. The molecule has 0 heterocycles. The summed E-state index contributed by atoms with van der Waals surface area (Å²) in [5.74, 6) is -2.02. The van der Waals surface area contributed by atoms with Gasteiger partial charge in [0.15, 0.2) is 6.10 Å². The van der Waals surface area contributed by atoms with E-state index in [4.69, 9.17) is 18.9 Å². The lowest BCUT2D eigenvalue weighted by molar-refractivity contribution is -0.870. The number of nitrogens with zero attached hydrogens (tertiary/aromatic N) is 1. The molecule has 2 unspecified atom stereocenters. The van der Waals surface area contributed by atoms with Crippen LogP contribution in [0.15, 0.2) is 146 Å². The molecule has 95 heavy (non-hydrogen) atoms. The first-order valence-electron chi connectivity index (χ1n) is 39.0. The number of carbonyl (C=O) groups is 3. The quantitative estimate of drug-likeness (QED) is 0.0211. The molecule has 0 saturated carbocycles. The van der Waals surface area contributed by atoms with Crippen molar-refractivity contribution in [3.05, 3.63) is 146 Å². The lowest BCUT2D eigenvalue weighted by Crippen LogP contribution is -2.40. The second-order valence-corrected chi connectivity index (χ2v) is 26.9. The van der Waals surface area contributed by atoms with Crippen LogP contribution in [0.1, 0.15) is 322 Å². The van der Waals surface area contributed by atoms with Crippen LogP contribution in [-0.2, 0) is 33.3 Å². The van der Waals surface area contributed by atoms with Gasteiger partial charge in [-0.05, 0) is 116 Å². The van der Waals surface area contributed by atoms with Crippen LogP contribution >= 0.6 is 0 Å². The smallest absolute Gasteiger partial charge is 0.361 e. The van der Waals surface area contributed by atoms with E-state index in [1.165, 1.54) is 154 Å². The number of unbranched alkanes of at least 4 members (excludes halogenated alkanes) is 32. The van der Waals surface area contributed by atoms with Crippen LogP contribution in [0.2, 0.25) is 0 Å². The number of hydrogen-bond donors (Lipinski definition) is 1. The maximum Gasteiger partial charge on any atom is 0.361 e. The van der Waals surface area contributed by atoms with E-state index in [-0.39, 0.29) is 32.2 Å². The van der Waals surface area contributed by atoms with E-state index in [9.17, 15) is 19.5 Å². The Labute approximate surface area is 585 Å². The molecule has 9 nitrogen and oxygen atoms in total. The summed E-state index contributed by atoms with van der Waals surface area (Å²) in [6, 6.07) is 0. The van der Waals surface area contributed by atoms with Gasteiger partial charge in [-0.2, -0.15) is 0 Å². The standard InChI is InChI=1S/C86H145NO8/c1-6-8-10-12-14-16-18-20-22-24-26-28-30-32-34-36-38-39-40-41-42-43-44-45-47-48-50-52-54-56-58-60-62-64-66-68-70-72-74-76-83(88)93-80-82(81-94-86(85(90)91)92-79-78-87(3,4)5)95-84(89)77-75-73-71-69-67-65-63-61-59-57-55-53-51-49-46-37-35-33-31-29-27-25-23-21-19-17-15-13-11-9-7-2/h8-11,14-17,20-23,26-29,33,35,46,49,53,55,59,61,82,86H,6-7,12-13,18-19,24-25,30-32,34,36-45,47-48,50-52,54,56-58,60,62-81H2,1-5H3/p+1/b10-8-,11-9-,16-14-,17-15-,22-20-,23-21-,28-26-,29-27-,35-33-,49-46-,55-53-,61-59-. The molecule has 0 aliphatic heterocycles. The molecule has 0 aliphatic carbocycles. The average Bonchev–Trinajstić information content (AvgIpc) is 3.24. The fourth-order valence-corrected chi connectivity index (χ4v) is 10.7. The molecule has 0 rings (SSSR count). The number of likely N-dealkylation sites (N-methyl/N-ethyl adjacent to an activating group) is 1. The number of quaternary nitrogens is 1. The summed E-state index contributed by atoms with van der Waals surface area (Å²) in [7, 11) is 5.97. The normalized spacial score (nSPS) is 13.5. The largest absolute Gasteiger partial charge is 0.477 e. The van der Waals surface area contributed by atoms with Gasteiger partial charge in [0.05, 0.1) is 34.4 Å². The van der Waals surface area contributed by atoms with Crippen LogP contribution in [0.25, 0.3) is 0 Å². The number of carbonyl (C=O) groups excluding carboxylic acids is 2. The summed E-state index contributed by atoms with van der Waals surface area (Å²) >= 11 is 0. The highest BCUT2D eigenvalue weighted by Crippen LogP contribution is 2.18. The lowest BCUT2D eigenvalue weighted by atomic mass is 10.0. The summed E-state index contributed by atoms with van der Waals surface area (Å²) in [4.78, 5) is 37.7. The first-order valence-corrected chi connectivity index (χ1v) is 39.0. The van der Waals surface area contributed by atoms with Gasteiger partial charge in [0.2, 0.25) is 0 Å². The van der Waals surface area contributed by atoms with Gasteiger partial charge in [0.25, 0.3) is 6.29 Å². The highest BCUT2D eigenvalue weighted by atomic mass is 16.7. The van der Waals surface area contributed by atoms with Crippen molar-refractivity contribution in [2.24, 2.45) is 0 Å². The number of hydrogen-bond acceptors (Lipinski definition) is 7. The molecule has 542 valence electrons. The molecule has 0 bridgehead atoms. The molecule has 0 aromatic rings. The Morgan fingerprint density at radius 1 is 0.316 bits per heavy atom. The number of aliphatic carboxylic acids is 1. The number of carboxylic acid groups (broad SMARTS) is 1. The fraction of sp³-hybridized carbons (Fsp3) is 0.686. The fourth-order valence-electron chi connectivity index (χ4n) is 10.7. The van der Waals surface area contributed by atoms with E-state index in [0.29, 0.717) is 23.9 Å². The molecule has 2 atom stereocenters. The van der Waals surface area contributed by atoms with Crippen molar-refractivity contribution in [1.29, 1.82) is 0 Å². The molecule has 0 aromatic heterocycles. The predicted octanol–water partition coefficient (Wildman–Crippen LogP) is 25.0. The molecular weight excluding hydrogens is 1170 g/mol. The van der Waals surface area contributed by atoms with Crippen molar-refractivity contribution in [2.45, 2.75) is 334 Å². The van der Waals surface area contributed by atoms with Crippen LogP contribution in [0.4, 0.5) is 0 Å². The number of ether oxygens (including phenoxy) is 4. The number of esters is 2. The Morgan fingerprint density at radius 2 is 0.568 bits per heavy atom. The third-order valence-corrected chi connectivity index (χ3v) is 16.6. The van der Waals surface area contributed by atoms with Gasteiger partial charge in [-0.3, -0.25) is 9.59 Å². The Morgan fingerprint density at radius 3 is 0.842 bits per heavy atom. The molecule has 0 spiro atoms. The Kier molecular flexibility index (Phi) is 71.1. The highest BCUT2D eigenvalue weighted by molar-refractivity contribution is 5.71. The predicted molar refractivity (Wildman–Crippen MR) is 410 cm³/mol. The van der Waals surface area contributed by atoms with E-state index in [1.807, 2.05) is 21.1 Å². The van der Waals surface area contributed by atoms with Crippen molar-refractivity contribution in [3.63, 3.8) is 0 Å². The highest BCUT2D eigenvalue weighted by Gasteiger charge is 2.25. The van der Waals surface area contributed by atoms with Crippen LogP contribution < -0.4 is 0 Å². The van der Waals surface area contributed by atoms with Crippen molar-refractivity contribution >= 4 is 17.9 Å². The zero-order chi connectivity index (χ0) is 69.0. The van der Waals surface area contributed by atoms with Gasteiger partial charge in [0, 0.05) is 12.8 Å². The van der Waals surface area contributed by atoms with Crippen molar-refractivity contribution in [2.75, 3.05) is 47.5 Å². The van der Waals surface area contributed by atoms with Crippen LogP contribution in [0.3, 0.4) is 0 Å². The molecule has 1 N–H and O–H groups in total. The summed E-state index contributed by atoms with van der Waals surface area (Å²) in [6.07, 6.45) is 107. The van der Waals surface area contributed by atoms with Crippen LogP contribution in [0.5, 0.6) is 0 Å². The monoisotopic (exact) mass is 1320 g/mol. The van der Waals surface area contributed by atoms with E-state index in [2.05, 4.69) is 160 Å². The molecule has 0 saturated heterocycles. The second kappa shape index (κ2) is 75.0. The third kappa shape index (κ3) is 76.4. The Hall–Kier alpha value is -4.83. The lowest BCUT2D eigenvalue weighted by Gasteiger charge is -2.25. The Bertz CT molecular complexity index is 2080. The molecule has 0 amide bonds. The van der Waals surface area contributed by atoms with Gasteiger partial charge in [-0.15, -0.1) is 0 Å². The summed E-state index contributed by atoms with van der Waals surface area (Å²) < 4.78 is 23.0. The van der Waals surface area contributed by atoms with Crippen molar-refractivity contribution in [1.82, 2.24) is 0 Å². The van der Waals surface area contributed by atoms with E-state index < -0.39 is 24.3 Å². The number of allylic oxidation sites excluding steroid dienone is 24. The van der Waals surface area contributed by atoms with Crippen molar-refractivity contribution < 1.29 is 42.9 Å². The second-order valence-electron chi connectivity index (χ2n) is 26.9. The number of rotatable bonds is 71. The van der Waals surface area contributed by atoms with Gasteiger partial charge < -0.3 is 28.5 Å². The first-order chi connectivity index (χ1) is 46.6. The first kappa shape index (κ1) is 90.2. The Balaban J connectivity index is 4.06. The zero-order valence-electron chi connectivity index (χ0n) is 62.0. The molecule has 0 fully saturated rings. The average molecular weight is 1320 g/mol. The summed E-state index contributed by atoms with van der Waals surface area (Å²) in [5, 5.41) is 9.77. The van der Waals surface area contributed by atoms with E-state index in [0.717, 1.165) is 135 Å². The summed E-state index contributed by atoms with van der Waals surface area (Å²) in [5.41, 5.74) is 0. The maximum absolute atomic E-state index is 13.0. The minimum absolute atomic E-state index is 0.179. The van der Waals surface area contributed by atoms with Gasteiger partial charge in [-0.1, -0.05) is 339 Å². The molecule has 0 aliphatic rings. The minimum Gasteiger partial charge on any atom is -0.477 e. The van der Waals surface area contributed by atoms with Crippen LogP contribution in [0, 0.1) is 0 Å². The van der Waals surface area contributed by atoms with E-state index in [1.54, 1.807) is 0 Å². The SMILES string of the molecule is CC/C=C\C/C=C\C/C=C\C/C=C\C/C=C\C/C=C\C/C=C\C/C=C\CCCCCCCCC(=O)OC(COC(=O)CCCCCCCCCCCCCCCCCCCCCCCCCCCC/C=C\C/C=C\C/C=C\C/C=C\CC)COC(OCC[N+](C)(C)C)C(=O)O. The van der Waals surface area contributed by atoms with Crippen LogP contribution in [-0.4, -0.2) is 87.4 Å². The third-order valence-electron chi connectivity index (χ3n) is 16.6. The maximum atomic E-state index is 13.0. The summed E-state index contributed by atoms with van der Waals surface area (Å²) in [6.45, 7) is 4.65. The van der Waals surface area contributed by atoms with Gasteiger partial charge in [0.1, 0.15) is 13.2 Å². The minimum atomic E-state index is -1.52. The van der Waals surface area contributed by atoms with Gasteiger partial charge in [-0.25, -0.2) is 4.79 Å². The number of carboxylic acids is 1. The zero-order valence-corrected chi connectivity index (χ0v) is 62.0. The van der Waals surface area contributed by atoms with Crippen molar-refractivity contribution in [3.8, 4) is 0 Å². The topological polar surface area (TPSA) is 108 Å². The van der Waals surface area contributed by atoms with Gasteiger partial charge >= 0.3 is 17.9 Å². The molecule has 9 heteroatoms. The molecular formula is C86H146NO8+.